The molecule has 27 heavy (non-hydrogen) atoms. The van der Waals surface area contributed by atoms with Gasteiger partial charge < -0.3 is 4.52 Å². The van der Waals surface area contributed by atoms with Crippen molar-refractivity contribution in [3.05, 3.63) is 59.8 Å². The van der Waals surface area contributed by atoms with E-state index in [4.69, 9.17) is 4.52 Å². The predicted octanol–water partition coefficient (Wildman–Crippen LogP) is 6.08. The van der Waals surface area contributed by atoms with E-state index in [2.05, 4.69) is 5.16 Å². The minimum absolute atomic E-state index is 0.286. The first kappa shape index (κ1) is 22.6. The summed E-state index contributed by atoms with van der Waals surface area (Å²) >= 11 is 0. The lowest BCUT2D eigenvalue weighted by Gasteiger charge is -2.05. The molecule has 2 aromatic carbocycles. The number of benzene rings is 2. The molecular formula is C22H29NO3S. The number of hydrogen-bond donors (Lipinski definition) is 0. The van der Waals surface area contributed by atoms with Crippen LogP contribution in [-0.4, -0.2) is 19.8 Å². The molecule has 0 amide bonds. The first-order chi connectivity index (χ1) is 12.9. The minimum atomic E-state index is -3.21. The highest BCUT2D eigenvalue weighted by atomic mass is 32.2. The highest BCUT2D eigenvalue weighted by molar-refractivity contribution is 7.90. The Hall–Kier alpha value is -2.40. The van der Waals surface area contributed by atoms with Crippen LogP contribution in [0.1, 0.15) is 39.0 Å². The lowest BCUT2D eigenvalue weighted by molar-refractivity contribution is 0.427. The van der Waals surface area contributed by atoms with Crippen LogP contribution in [0.3, 0.4) is 0 Å². The Labute approximate surface area is 163 Å². The van der Waals surface area contributed by atoms with Crippen LogP contribution in [0.2, 0.25) is 0 Å². The van der Waals surface area contributed by atoms with Crippen LogP contribution in [0, 0.1) is 13.8 Å². The second-order valence-corrected chi connectivity index (χ2v) is 7.65. The van der Waals surface area contributed by atoms with Crippen LogP contribution < -0.4 is 0 Å². The van der Waals surface area contributed by atoms with Crippen molar-refractivity contribution in [2.45, 2.75) is 46.4 Å². The molecule has 0 aliphatic carbocycles. The molecule has 0 atom stereocenters. The molecule has 0 saturated heterocycles. The molecule has 0 N–H and O–H groups in total. The summed E-state index contributed by atoms with van der Waals surface area (Å²) in [5, 5.41) is 4.07. The van der Waals surface area contributed by atoms with E-state index in [9.17, 15) is 8.42 Å². The van der Waals surface area contributed by atoms with Gasteiger partial charge in [0, 0.05) is 11.8 Å². The van der Waals surface area contributed by atoms with E-state index in [0.717, 1.165) is 22.4 Å². The fourth-order valence-corrected chi connectivity index (χ4v) is 3.11. The SMILES string of the molecule is CC.CC.Cc1ccc(-c2c(C)noc2-c2ccc(S(C)(=O)=O)cc2)cc1. The molecule has 0 unspecified atom stereocenters. The topological polar surface area (TPSA) is 60.2 Å². The molecule has 1 aromatic heterocycles. The van der Waals surface area contributed by atoms with Gasteiger partial charge in [0.2, 0.25) is 0 Å². The van der Waals surface area contributed by atoms with Crippen molar-refractivity contribution in [3.63, 3.8) is 0 Å². The quantitative estimate of drug-likeness (QED) is 0.546. The Morgan fingerprint density at radius 2 is 1.26 bits per heavy atom. The van der Waals surface area contributed by atoms with E-state index in [1.54, 1.807) is 24.3 Å². The normalized spacial score (nSPS) is 10.3. The molecule has 0 bridgehead atoms. The predicted molar refractivity (Wildman–Crippen MR) is 113 cm³/mol. The molecule has 0 radical (unpaired) electrons. The van der Waals surface area contributed by atoms with E-state index in [1.165, 1.54) is 11.8 Å². The van der Waals surface area contributed by atoms with Gasteiger partial charge >= 0.3 is 0 Å². The monoisotopic (exact) mass is 387 g/mol. The summed E-state index contributed by atoms with van der Waals surface area (Å²) < 4.78 is 28.6. The van der Waals surface area contributed by atoms with Crippen molar-refractivity contribution in [1.29, 1.82) is 0 Å². The fraction of sp³-hybridized carbons (Fsp3) is 0.318. The Bertz CT molecular complexity index is 938. The van der Waals surface area contributed by atoms with Gasteiger partial charge in [-0.2, -0.15) is 0 Å². The maximum absolute atomic E-state index is 11.6. The van der Waals surface area contributed by atoms with Crippen molar-refractivity contribution < 1.29 is 12.9 Å². The molecule has 0 aliphatic heterocycles. The molecule has 0 aliphatic rings. The van der Waals surface area contributed by atoms with Gasteiger partial charge in [-0.15, -0.1) is 0 Å². The van der Waals surface area contributed by atoms with E-state index in [0.29, 0.717) is 5.76 Å². The van der Waals surface area contributed by atoms with Crippen molar-refractivity contribution in [2.75, 3.05) is 6.26 Å². The van der Waals surface area contributed by atoms with Gasteiger partial charge in [-0.25, -0.2) is 8.42 Å². The zero-order valence-electron chi connectivity index (χ0n) is 17.2. The van der Waals surface area contributed by atoms with Gasteiger partial charge in [-0.05, 0) is 43.7 Å². The third-order valence-corrected chi connectivity index (χ3v) is 4.88. The number of hydrogen-bond acceptors (Lipinski definition) is 4. The fourth-order valence-electron chi connectivity index (χ4n) is 2.48. The zero-order chi connectivity index (χ0) is 20.6. The summed E-state index contributed by atoms with van der Waals surface area (Å²) in [5.41, 5.74) is 4.74. The molecule has 4 nitrogen and oxygen atoms in total. The van der Waals surface area contributed by atoms with Crippen LogP contribution >= 0.6 is 0 Å². The highest BCUT2D eigenvalue weighted by Gasteiger charge is 2.17. The molecule has 1 heterocycles. The van der Waals surface area contributed by atoms with Gasteiger partial charge in [0.1, 0.15) is 0 Å². The van der Waals surface area contributed by atoms with Crippen molar-refractivity contribution in [3.8, 4) is 22.5 Å². The minimum Gasteiger partial charge on any atom is -0.355 e. The van der Waals surface area contributed by atoms with Gasteiger partial charge in [-0.1, -0.05) is 62.7 Å². The van der Waals surface area contributed by atoms with Crippen molar-refractivity contribution in [1.82, 2.24) is 5.16 Å². The molecule has 146 valence electrons. The summed E-state index contributed by atoms with van der Waals surface area (Å²) in [6, 6.07) is 14.8. The largest absolute Gasteiger partial charge is 0.355 e. The third kappa shape index (κ3) is 5.54. The first-order valence-electron chi connectivity index (χ1n) is 9.20. The lowest BCUT2D eigenvalue weighted by atomic mass is 9.99. The maximum atomic E-state index is 11.6. The number of nitrogens with zero attached hydrogens (tertiary/aromatic N) is 1. The molecule has 0 saturated carbocycles. The maximum Gasteiger partial charge on any atom is 0.175 e. The summed E-state index contributed by atoms with van der Waals surface area (Å²) in [6.45, 7) is 11.9. The Kier molecular flexibility index (Phi) is 8.44. The summed E-state index contributed by atoms with van der Waals surface area (Å²) in [7, 11) is -3.21. The number of rotatable bonds is 3. The van der Waals surface area contributed by atoms with Gasteiger partial charge in [0.25, 0.3) is 0 Å². The van der Waals surface area contributed by atoms with Crippen LogP contribution in [0.4, 0.5) is 0 Å². The summed E-state index contributed by atoms with van der Waals surface area (Å²) in [6.07, 6.45) is 1.19. The number of aromatic nitrogens is 1. The molecule has 0 spiro atoms. The second kappa shape index (κ2) is 10.1. The van der Waals surface area contributed by atoms with E-state index < -0.39 is 9.84 Å². The zero-order valence-corrected chi connectivity index (χ0v) is 18.0. The van der Waals surface area contributed by atoms with Gasteiger partial charge in [0.15, 0.2) is 15.6 Å². The lowest BCUT2D eigenvalue weighted by Crippen LogP contribution is -1.96. The second-order valence-electron chi connectivity index (χ2n) is 5.63. The summed E-state index contributed by atoms with van der Waals surface area (Å²) in [5.74, 6) is 0.645. The first-order valence-corrected chi connectivity index (χ1v) is 11.1. The van der Waals surface area contributed by atoms with Crippen LogP contribution in [0.15, 0.2) is 57.9 Å². The molecule has 3 rings (SSSR count). The highest BCUT2D eigenvalue weighted by Crippen LogP contribution is 2.35. The average molecular weight is 388 g/mol. The van der Waals surface area contributed by atoms with Crippen molar-refractivity contribution >= 4 is 9.84 Å². The van der Waals surface area contributed by atoms with Gasteiger partial charge in [-0.3, -0.25) is 0 Å². The van der Waals surface area contributed by atoms with E-state index >= 15 is 0 Å². The third-order valence-electron chi connectivity index (χ3n) is 3.75. The van der Waals surface area contributed by atoms with Crippen LogP contribution in [-0.2, 0) is 9.84 Å². The molecule has 0 fully saturated rings. The summed E-state index contributed by atoms with van der Waals surface area (Å²) in [4.78, 5) is 0.286. The molecule has 3 aromatic rings. The Morgan fingerprint density at radius 3 is 1.74 bits per heavy atom. The Balaban J connectivity index is 0.000000855. The Morgan fingerprint density at radius 1 is 0.778 bits per heavy atom. The van der Waals surface area contributed by atoms with E-state index in [-0.39, 0.29) is 4.90 Å². The number of aryl methyl sites for hydroxylation is 2. The smallest absolute Gasteiger partial charge is 0.175 e. The molecular weight excluding hydrogens is 358 g/mol. The van der Waals surface area contributed by atoms with E-state index in [1.807, 2.05) is 65.8 Å². The average Bonchev–Trinajstić information content (AvgIpc) is 3.07. The number of sulfone groups is 1. The van der Waals surface area contributed by atoms with Crippen molar-refractivity contribution in [2.24, 2.45) is 0 Å². The standard InChI is InChI=1S/C18H17NO3S.2C2H6/c1-12-4-6-14(7-5-12)17-13(2)19-22-18(17)15-8-10-16(11-9-15)23(3,20)21;2*1-2/h4-11H,1-3H3;2*1-2H3. The van der Waals surface area contributed by atoms with Gasteiger partial charge in [0.05, 0.1) is 16.2 Å². The van der Waals surface area contributed by atoms with Crippen LogP contribution in [0.5, 0.6) is 0 Å². The molecule has 5 heteroatoms. The van der Waals surface area contributed by atoms with Crippen LogP contribution in [0.25, 0.3) is 22.5 Å².